The summed E-state index contributed by atoms with van der Waals surface area (Å²) in [5.41, 5.74) is 6.31. The van der Waals surface area contributed by atoms with E-state index in [1.54, 1.807) is 6.07 Å². The van der Waals surface area contributed by atoms with Gasteiger partial charge in [-0.15, -0.1) is 0 Å². The van der Waals surface area contributed by atoms with Crippen LogP contribution in [0.5, 0.6) is 11.5 Å². The number of nitrogens with two attached hydrogens (primary N) is 1. The van der Waals surface area contributed by atoms with Crippen molar-refractivity contribution in [2.75, 3.05) is 20.8 Å². The van der Waals surface area contributed by atoms with Crippen LogP contribution in [0.3, 0.4) is 0 Å². The number of ether oxygens (including phenoxy) is 2. The minimum Gasteiger partial charge on any atom is -0.493 e. The lowest BCUT2D eigenvalue weighted by Gasteiger charge is -2.17. The molecule has 1 unspecified atom stereocenters. The molecule has 0 aromatic heterocycles. The average Bonchev–Trinajstić information content (AvgIpc) is 2.28. The predicted molar refractivity (Wildman–Crippen MR) is 64.7 cm³/mol. The fourth-order valence-electron chi connectivity index (χ4n) is 1.49. The highest BCUT2D eigenvalue weighted by atomic mass is 79.9. The summed E-state index contributed by atoms with van der Waals surface area (Å²) in [6.45, 7) is 2.34. The van der Waals surface area contributed by atoms with Crippen LogP contribution in [-0.4, -0.2) is 20.8 Å². The molecule has 0 bridgehead atoms. The normalized spacial score (nSPS) is 12.4. The Morgan fingerprint density at radius 1 is 1.38 bits per heavy atom. The van der Waals surface area contributed by atoms with Crippen molar-refractivity contribution >= 4 is 15.9 Å². The molecule has 0 spiro atoms. The predicted octanol–water partition coefficient (Wildman–Crippen LogP) is 2.67. The van der Waals surface area contributed by atoms with E-state index in [1.807, 2.05) is 6.92 Å². The highest BCUT2D eigenvalue weighted by Gasteiger charge is 2.21. The lowest BCUT2D eigenvalue weighted by molar-refractivity contribution is 0.344. The van der Waals surface area contributed by atoms with Gasteiger partial charge in [0, 0.05) is 5.56 Å². The fourth-order valence-corrected chi connectivity index (χ4v) is 2.07. The van der Waals surface area contributed by atoms with Gasteiger partial charge < -0.3 is 15.2 Å². The van der Waals surface area contributed by atoms with E-state index >= 15 is 0 Å². The van der Waals surface area contributed by atoms with Gasteiger partial charge >= 0.3 is 0 Å². The minimum absolute atomic E-state index is 0.0201. The van der Waals surface area contributed by atoms with Crippen molar-refractivity contribution in [2.45, 2.75) is 12.8 Å². The molecular formula is C11H15BrFNO2. The first-order valence-corrected chi connectivity index (χ1v) is 5.66. The summed E-state index contributed by atoms with van der Waals surface area (Å²) in [4.78, 5) is 0. The van der Waals surface area contributed by atoms with E-state index in [-0.39, 0.29) is 17.4 Å². The zero-order valence-corrected chi connectivity index (χ0v) is 11.1. The molecule has 0 saturated heterocycles. The lowest BCUT2D eigenvalue weighted by Crippen LogP contribution is -2.11. The molecule has 0 aliphatic heterocycles. The first-order chi connectivity index (χ1) is 7.56. The van der Waals surface area contributed by atoms with Crippen molar-refractivity contribution in [3.8, 4) is 11.5 Å². The third-order valence-corrected chi connectivity index (χ3v) is 3.04. The topological polar surface area (TPSA) is 44.5 Å². The number of halogens is 2. The molecule has 0 fully saturated rings. The number of benzene rings is 1. The second-order valence-electron chi connectivity index (χ2n) is 3.46. The first-order valence-electron chi connectivity index (χ1n) is 4.86. The second-order valence-corrected chi connectivity index (χ2v) is 4.32. The summed E-state index contributed by atoms with van der Waals surface area (Å²) < 4.78 is 24.5. The molecule has 0 radical (unpaired) electrons. The monoisotopic (exact) mass is 291 g/mol. The van der Waals surface area contributed by atoms with Crippen molar-refractivity contribution in [3.63, 3.8) is 0 Å². The third-order valence-electron chi connectivity index (χ3n) is 2.45. The van der Waals surface area contributed by atoms with Crippen LogP contribution in [0.1, 0.15) is 18.4 Å². The second kappa shape index (κ2) is 5.50. The maximum Gasteiger partial charge on any atom is 0.208 e. The van der Waals surface area contributed by atoms with Crippen LogP contribution in [0.2, 0.25) is 0 Å². The SMILES string of the molecule is COc1c(Br)cc(C(C)CN)c(OC)c1F. The van der Waals surface area contributed by atoms with Gasteiger partial charge in [-0.3, -0.25) is 0 Å². The van der Waals surface area contributed by atoms with Crippen LogP contribution in [0.4, 0.5) is 4.39 Å². The quantitative estimate of drug-likeness (QED) is 0.928. The highest BCUT2D eigenvalue weighted by Crippen LogP contribution is 2.39. The molecule has 1 aromatic rings. The van der Waals surface area contributed by atoms with E-state index in [2.05, 4.69) is 15.9 Å². The molecule has 0 saturated carbocycles. The van der Waals surface area contributed by atoms with Gasteiger partial charge in [0.05, 0.1) is 18.7 Å². The van der Waals surface area contributed by atoms with E-state index in [0.29, 0.717) is 11.0 Å². The van der Waals surface area contributed by atoms with Crippen molar-refractivity contribution in [3.05, 3.63) is 21.9 Å². The Morgan fingerprint density at radius 3 is 2.38 bits per heavy atom. The summed E-state index contributed by atoms with van der Waals surface area (Å²) in [5.74, 6) is -0.149. The van der Waals surface area contributed by atoms with Crippen LogP contribution in [-0.2, 0) is 0 Å². The number of rotatable bonds is 4. The van der Waals surface area contributed by atoms with Crippen LogP contribution < -0.4 is 15.2 Å². The molecule has 1 aromatic carbocycles. The van der Waals surface area contributed by atoms with Gasteiger partial charge in [0.1, 0.15) is 0 Å². The Hall–Kier alpha value is -0.810. The van der Waals surface area contributed by atoms with Gasteiger partial charge in [0.25, 0.3) is 0 Å². The van der Waals surface area contributed by atoms with Gasteiger partial charge in [0.15, 0.2) is 11.5 Å². The van der Waals surface area contributed by atoms with Crippen molar-refractivity contribution in [2.24, 2.45) is 5.73 Å². The van der Waals surface area contributed by atoms with E-state index in [1.165, 1.54) is 14.2 Å². The van der Waals surface area contributed by atoms with E-state index in [0.717, 1.165) is 5.56 Å². The zero-order valence-electron chi connectivity index (χ0n) is 9.51. The Kier molecular flexibility index (Phi) is 4.56. The van der Waals surface area contributed by atoms with Crippen molar-refractivity contribution < 1.29 is 13.9 Å². The Morgan fingerprint density at radius 2 is 1.94 bits per heavy atom. The Balaban J connectivity index is 3.40. The average molecular weight is 292 g/mol. The molecule has 1 atom stereocenters. The minimum atomic E-state index is -0.505. The standard InChI is InChI=1S/C11H15BrFNO2/c1-6(5-14)7-4-8(12)11(16-3)9(13)10(7)15-2/h4,6H,5,14H2,1-3H3. The van der Waals surface area contributed by atoms with Crippen LogP contribution in [0.25, 0.3) is 0 Å². The van der Waals surface area contributed by atoms with Gasteiger partial charge in [-0.2, -0.15) is 4.39 Å². The molecule has 2 N–H and O–H groups in total. The van der Waals surface area contributed by atoms with Gasteiger partial charge in [0.2, 0.25) is 5.82 Å². The van der Waals surface area contributed by atoms with Crippen molar-refractivity contribution in [1.29, 1.82) is 0 Å². The van der Waals surface area contributed by atoms with E-state index in [9.17, 15) is 4.39 Å². The number of hydrogen-bond donors (Lipinski definition) is 1. The largest absolute Gasteiger partial charge is 0.493 e. The summed E-state index contributed by atoms with van der Waals surface area (Å²) in [6, 6.07) is 1.78. The summed E-state index contributed by atoms with van der Waals surface area (Å²) >= 11 is 3.26. The molecule has 0 heterocycles. The van der Waals surface area contributed by atoms with Gasteiger partial charge in [-0.25, -0.2) is 0 Å². The lowest BCUT2D eigenvalue weighted by atomic mass is 10.00. The summed E-state index contributed by atoms with van der Waals surface area (Å²) in [5, 5.41) is 0. The number of methoxy groups -OCH3 is 2. The molecule has 0 amide bonds. The maximum atomic E-state index is 14.0. The van der Waals surface area contributed by atoms with Crippen LogP contribution >= 0.6 is 15.9 Å². The zero-order chi connectivity index (χ0) is 12.3. The van der Waals surface area contributed by atoms with Gasteiger partial charge in [-0.1, -0.05) is 6.92 Å². The fraction of sp³-hybridized carbons (Fsp3) is 0.455. The van der Waals surface area contributed by atoms with E-state index < -0.39 is 5.82 Å². The molecule has 0 aliphatic carbocycles. The van der Waals surface area contributed by atoms with Crippen LogP contribution in [0.15, 0.2) is 10.5 Å². The van der Waals surface area contributed by atoms with Crippen LogP contribution in [0, 0.1) is 5.82 Å². The first kappa shape index (κ1) is 13.3. The molecule has 0 aliphatic rings. The molecule has 16 heavy (non-hydrogen) atoms. The van der Waals surface area contributed by atoms with Gasteiger partial charge in [-0.05, 0) is 34.5 Å². The smallest absolute Gasteiger partial charge is 0.208 e. The molecule has 3 nitrogen and oxygen atoms in total. The Labute approximate surface area is 103 Å². The molecular weight excluding hydrogens is 277 g/mol. The molecule has 5 heteroatoms. The third kappa shape index (κ3) is 2.30. The summed E-state index contributed by atoms with van der Waals surface area (Å²) in [7, 11) is 2.84. The van der Waals surface area contributed by atoms with E-state index in [4.69, 9.17) is 15.2 Å². The van der Waals surface area contributed by atoms with Crippen molar-refractivity contribution in [1.82, 2.24) is 0 Å². The summed E-state index contributed by atoms with van der Waals surface area (Å²) in [6.07, 6.45) is 0. The molecule has 1 rings (SSSR count). The maximum absolute atomic E-state index is 14.0. The highest BCUT2D eigenvalue weighted by molar-refractivity contribution is 9.10. The molecule has 90 valence electrons. The Bertz CT molecular complexity index is 385. The number of hydrogen-bond acceptors (Lipinski definition) is 3.